The summed E-state index contributed by atoms with van der Waals surface area (Å²) in [5, 5.41) is 2.73. The largest absolute Gasteiger partial charge is 0.496 e. The van der Waals surface area contributed by atoms with Crippen molar-refractivity contribution >= 4 is 21.9 Å². The van der Waals surface area contributed by atoms with E-state index in [1.54, 1.807) is 32.0 Å². The smallest absolute Gasteiger partial charge is 0.341 e. The van der Waals surface area contributed by atoms with Gasteiger partial charge in [0.15, 0.2) is 0 Å². The van der Waals surface area contributed by atoms with E-state index in [1.807, 2.05) is 0 Å². The van der Waals surface area contributed by atoms with E-state index in [0.29, 0.717) is 24.4 Å². The second-order valence-electron chi connectivity index (χ2n) is 6.66. The summed E-state index contributed by atoms with van der Waals surface area (Å²) in [5.74, 6) is -0.492. The number of carbonyl (C=O) groups is 2. The molecule has 0 aromatic heterocycles. The number of esters is 1. The third-order valence-corrected chi connectivity index (χ3v) is 6.93. The third kappa shape index (κ3) is 5.38. The molecular weight excluding hydrogens is 436 g/mol. The van der Waals surface area contributed by atoms with Crippen molar-refractivity contribution in [2.45, 2.75) is 25.3 Å². The van der Waals surface area contributed by atoms with Gasteiger partial charge in [-0.2, -0.15) is 4.31 Å². The molecule has 0 atom stereocenters. The van der Waals surface area contributed by atoms with Crippen molar-refractivity contribution in [3.8, 4) is 11.5 Å². The second-order valence-corrected chi connectivity index (χ2v) is 8.60. The molecule has 1 N–H and O–H groups in total. The zero-order valence-corrected chi connectivity index (χ0v) is 19.6. The van der Waals surface area contributed by atoms with Gasteiger partial charge in [-0.15, -0.1) is 0 Å². The van der Waals surface area contributed by atoms with Crippen molar-refractivity contribution in [1.82, 2.24) is 9.62 Å². The molecule has 2 rings (SSSR count). The molecule has 0 spiro atoms. The summed E-state index contributed by atoms with van der Waals surface area (Å²) >= 11 is 0. The Balaban J connectivity index is 2.31. The van der Waals surface area contributed by atoms with E-state index in [9.17, 15) is 18.0 Å². The maximum absolute atomic E-state index is 12.9. The fraction of sp³-hybridized carbons (Fsp3) is 0.364. The van der Waals surface area contributed by atoms with E-state index in [4.69, 9.17) is 14.2 Å². The van der Waals surface area contributed by atoms with Gasteiger partial charge in [-0.25, -0.2) is 13.2 Å². The van der Waals surface area contributed by atoms with Crippen molar-refractivity contribution in [1.29, 1.82) is 0 Å². The Hall–Kier alpha value is -3.11. The number of ether oxygens (including phenoxy) is 3. The van der Waals surface area contributed by atoms with Gasteiger partial charge in [-0.05, 0) is 35.9 Å². The Morgan fingerprint density at radius 3 is 2.06 bits per heavy atom. The molecule has 0 aliphatic rings. The van der Waals surface area contributed by atoms with Crippen molar-refractivity contribution in [2.24, 2.45) is 0 Å². The van der Waals surface area contributed by atoms with Crippen LogP contribution in [0.15, 0.2) is 41.3 Å². The minimum absolute atomic E-state index is 0.00424. The molecule has 174 valence electrons. The lowest BCUT2D eigenvalue weighted by molar-refractivity contribution is 0.0597. The zero-order valence-electron chi connectivity index (χ0n) is 18.8. The third-order valence-electron chi connectivity index (χ3n) is 4.88. The van der Waals surface area contributed by atoms with Gasteiger partial charge in [0.1, 0.15) is 17.1 Å². The predicted octanol–water partition coefficient (Wildman–Crippen LogP) is 2.45. The molecule has 0 radical (unpaired) electrons. The lowest BCUT2D eigenvalue weighted by Crippen LogP contribution is -2.31. The number of amides is 1. The van der Waals surface area contributed by atoms with Crippen LogP contribution in [0.25, 0.3) is 0 Å². The van der Waals surface area contributed by atoms with E-state index in [-0.39, 0.29) is 28.3 Å². The molecule has 9 nitrogen and oxygen atoms in total. The summed E-state index contributed by atoms with van der Waals surface area (Å²) < 4.78 is 42.2. The Kier molecular flexibility index (Phi) is 8.62. The Morgan fingerprint density at radius 1 is 0.906 bits per heavy atom. The predicted molar refractivity (Wildman–Crippen MR) is 119 cm³/mol. The first-order valence-electron chi connectivity index (χ1n) is 9.95. The quantitative estimate of drug-likeness (QED) is 0.538. The second kappa shape index (κ2) is 11.0. The number of hydrogen-bond donors (Lipinski definition) is 1. The fourth-order valence-corrected chi connectivity index (χ4v) is 4.63. The van der Waals surface area contributed by atoms with Crippen LogP contribution in [0.2, 0.25) is 0 Å². The van der Waals surface area contributed by atoms with Crippen LogP contribution in [-0.2, 0) is 21.3 Å². The van der Waals surface area contributed by atoms with Crippen molar-refractivity contribution in [3.63, 3.8) is 0 Å². The van der Waals surface area contributed by atoms with Crippen molar-refractivity contribution < 1.29 is 32.2 Å². The van der Waals surface area contributed by atoms with E-state index < -0.39 is 21.9 Å². The van der Waals surface area contributed by atoms with Crippen LogP contribution in [0.1, 0.15) is 40.1 Å². The van der Waals surface area contributed by atoms with Crippen LogP contribution in [0.4, 0.5) is 0 Å². The Bertz CT molecular complexity index is 1080. The maximum Gasteiger partial charge on any atom is 0.341 e. The number of nitrogens with zero attached hydrogens (tertiary/aromatic N) is 1. The first-order valence-corrected chi connectivity index (χ1v) is 11.4. The van der Waals surface area contributed by atoms with Crippen LogP contribution < -0.4 is 14.8 Å². The summed E-state index contributed by atoms with van der Waals surface area (Å²) in [7, 11) is 0.362. The lowest BCUT2D eigenvalue weighted by Gasteiger charge is -2.19. The monoisotopic (exact) mass is 464 g/mol. The van der Waals surface area contributed by atoms with Gasteiger partial charge in [-0.3, -0.25) is 4.79 Å². The Labute approximate surface area is 188 Å². The minimum atomic E-state index is -3.74. The fourth-order valence-electron chi connectivity index (χ4n) is 3.15. The van der Waals surface area contributed by atoms with Crippen molar-refractivity contribution in [3.05, 3.63) is 53.1 Å². The highest BCUT2D eigenvalue weighted by Crippen LogP contribution is 2.25. The summed E-state index contributed by atoms with van der Waals surface area (Å²) in [4.78, 5) is 24.8. The summed E-state index contributed by atoms with van der Waals surface area (Å²) in [6, 6.07) is 9.03. The number of hydrogen-bond acceptors (Lipinski definition) is 7. The topological polar surface area (TPSA) is 111 Å². The highest BCUT2D eigenvalue weighted by Gasteiger charge is 2.24. The van der Waals surface area contributed by atoms with Gasteiger partial charge < -0.3 is 19.5 Å². The average molecular weight is 465 g/mol. The molecule has 0 saturated carbocycles. The SMILES string of the molecule is CCN(CC)S(=O)(=O)c1ccc(OC)c(C(=O)NCc2ccc(OC)c(C(=O)OC)c2)c1. The molecule has 10 heteroatoms. The molecule has 0 unspecified atom stereocenters. The molecule has 2 aromatic carbocycles. The normalized spacial score (nSPS) is 11.2. The minimum Gasteiger partial charge on any atom is -0.496 e. The molecule has 0 bridgehead atoms. The molecule has 32 heavy (non-hydrogen) atoms. The van der Waals surface area contributed by atoms with Crippen LogP contribution in [0.5, 0.6) is 11.5 Å². The average Bonchev–Trinajstić information content (AvgIpc) is 2.81. The lowest BCUT2D eigenvalue weighted by atomic mass is 10.1. The highest BCUT2D eigenvalue weighted by atomic mass is 32.2. The molecule has 0 aliphatic carbocycles. The molecule has 0 heterocycles. The Morgan fingerprint density at radius 2 is 1.50 bits per heavy atom. The highest BCUT2D eigenvalue weighted by molar-refractivity contribution is 7.89. The van der Waals surface area contributed by atoms with Gasteiger partial charge >= 0.3 is 5.97 Å². The zero-order chi connectivity index (χ0) is 23.9. The molecule has 1 amide bonds. The molecular formula is C22H28N2O7S. The maximum atomic E-state index is 12.9. The summed E-state index contributed by atoms with van der Waals surface area (Å²) in [6.07, 6.45) is 0. The van der Waals surface area contributed by atoms with Crippen molar-refractivity contribution in [2.75, 3.05) is 34.4 Å². The van der Waals surface area contributed by atoms with Gasteiger partial charge in [0.05, 0.1) is 31.8 Å². The molecule has 2 aromatic rings. The summed E-state index contributed by atoms with van der Waals surface area (Å²) in [5.41, 5.74) is 0.944. The summed E-state index contributed by atoms with van der Waals surface area (Å²) in [6.45, 7) is 4.20. The first-order chi connectivity index (χ1) is 15.2. The molecule has 0 fully saturated rings. The first kappa shape index (κ1) is 25.2. The molecule has 0 aliphatic heterocycles. The number of rotatable bonds is 10. The van der Waals surface area contributed by atoms with Gasteiger partial charge in [0, 0.05) is 19.6 Å². The van der Waals surface area contributed by atoms with Gasteiger partial charge in [-0.1, -0.05) is 19.9 Å². The van der Waals surface area contributed by atoms with E-state index in [2.05, 4.69) is 5.32 Å². The van der Waals surface area contributed by atoms with Gasteiger partial charge in [0.2, 0.25) is 10.0 Å². The van der Waals surface area contributed by atoms with Crippen LogP contribution in [0.3, 0.4) is 0 Å². The number of methoxy groups -OCH3 is 3. The van der Waals surface area contributed by atoms with Gasteiger partial charge in [0.25, 0.3) is 5.91 Å². The number of nitrogens with one attached hydrogen (secondary N) is 1. The van der Waals surface area contributed by atoms with Crippen LogP contribution in [0, 0.1) is 0 Å². The number of benzene rings is 2. The van der Waals surface area contributed by atoms with Crippen LogP contribution >= 0.6 is 0 Å². The van der Waals surface area contributed by atoms with E-state index in [1.165, 1.54) is 43.8 Å². The number of carbonyl (C=O) groups excluding carboxylic acids is 2. The number of sulfonamides is 1. The van der Waals surface area contributed by atoms with E-state index >= 15 is 0 Å². The standard InChI is InChI=1S/C22H28N2O7S/c1-6-24(7-2)32(27,28)16-9-11-19(29-3)17(13-16)21(25)23-14-15-8-10-20(30-4)18(12-15)22(26)31-5/h8-13H,6-7,14H2,1-5H3,(H,23,25). The molecule has 0 saturated heterocycles. The van der Waals surface area contributed by atoms with Crippen LogP contribution in [-0.4, -0.2) is 59.0 Å². The van der Waals surface area contributed by atoms with E-state index in [0.717, 1.165) is 0 Å².